The van der Waals surface area contributed by atoms with Crippen molar-refractivity contribution in [1.82, 2.24) is 19.6 Å². The molecule has 0 aliphatic carbocycles. The van der Waals surface area contributed by atoms with E-state index in [9.17, 15) is 22.8 Å². The van der Waals surface area contributed by atoms with E-state index in [0.717, 1.165) is 6.07 Å². The Kier molecular flexibility index (Phi) is 5.99. The predicted molar refractivity (Wildman–Crippen MR) is 132 cm³/mol. The molecule has 0 spiro atoms. The molecular weight excluding hydrogens is 485 g/mol. The summed E-state index contributed by atoms with van der Waals surface area (Å²) in [5, 5.41) is 4.75. The van der Waals surface area contributed by atoms with Gasteiger partial charge in [0.25, 0.3) is 11.8 Å². The van der Waals surface area contributed by atoms with Crippen LogP contribution in [0.25, 0.3) is 27.7 Å². The first kappa shape index (κ1) is 24.5. The second-order valence-corrected chi connectivity index (χ2v) is 8.98. The number of benzene rings is 3. The third-order valence-electron chi connectivity index (χ3n) is 6.33. The van der Waals surface area contributed by atoms with Crippen molar-refractivity contribution in [1.29, 1.82) is 0 Å². The molecule has 1 aliphatic rings. The lowest BCUT2D eigenvalue weighted by atomic mass is 9.93. The number of hydrogen-bond acceptors (Lipinski definition) is 5. The lowest BCUT2D eigenvalue weighted by Gasteiger charge is -2.28. The van der Waals surface area contributed by atoms with E-state index in [1.165, 1.54) is 16.7 Å². The molecule has 0 unspecified atom stereocenters. The molecule has 1 aromatic heterocycles. The molecule has 7 nitrogen and oxygen atoms in total. The minimum absolute atomic E-state index is 0.188. The number of halogens is 3. The van der Waals surface area contributed by atoms with Gasteiger partial charge in [-0.25, -0.2) is 4.68 Å². The summed E-state index contributed by atoms with van der Waals surface area (Å²) in [5.74, 6) is -0.400. The molecule has 3 aromatic carbocycles. The van der Waals surface area contributed by atoms with Gasteiger partial charge >= 0.3 is 6.18 Å². The SMILES string of the molecule is COc1cccc(-c2cc(C(F)(F)F)nn2-c2ccc3c4c(cccc24)C(=O)N(CCN(C)C)C3=O)c1. The molecule has 4 aromatic rings. The molecule has 0 N–H and O–H groups in total. The minimum Gasteiger partial charge on any atom is -0.497 e. The van der Waals surface area contributed by atoms with Crippen molar-refractivity contribution in [3.63, 3.8) is 0 Å². The van der Waals surface area contributed by atoms with Crippen LogP contribution in [0.3, 0.4) is 0 Å². The van der Waals surface area contributed by atoms with E-state index in [4.69, 9.17) is 4.74 Å². The summed E-state index contributed by atoms with van der Waals surface area (Å²) in [6, 6.07) is 15.7. The van der Waals surface area contributed by atoms with E-state index in [1.54, 1.807) is 54.6 Å². The monoisotopic (exact) mass is 508 g/mol. The zero-order valence-corrected chi connectivity index (χ0v) is 20.3. The number of ether oxygens (including phenoxy) is 1. The molecule has 0 saturated carbocycles. The van der Waals surface area contributed by atoms with E-state index in [-0.39, 0.29) is 12.2 Å². The van der Waals surface area contributed by atoms with Crippen molar-refractivity contribution in [3.05, 3.63) is 77.5 Å². The van der Waals surface area contributed by atoms with Gasteiger partial charge in [0.2, 0.25) is 0 Å². The molecule has 37 heavy (non-hydrogen) atoms. The van der Waals surface area contributed by atoms with Crippen LogP contribution in [0.2, 0.25) is 0 Å². The Morgan fingerprint density at radius 2 is 1.65 bits per heavy atom. The maximum absolute atomic E-state index is 13.7. The van der Waals surface area contributed by atoms with Crippen LogP contribution in [-0.4, -0.2) is 65.7 Å². The summed E-state index contributed by atoms with van der Waals surface area (Å²) >= 11 is 0. The highest BCUT2D eigenvalue weighted by Crippen LogP contribution is 2.38. The highest BCUT2D eigenvalue weighted by atomic mass is 19.4. The van der Waals surface area contributed by atoms with Gasteiger partial charge in [-0.3, -0.25) is 14.5 Å². The normalized spacial score (nSPS) is 13.6. The van der Waals surface area contributed by atoms with E-state index >= 15 is 0 Å². The largest absolute Gasteiger partial charge is 0.497 e. The van der Waals surface area contributed by atoms with Crippen LogP contribution in [0.4, 0.5) is 13.2 Å². The number of nitrogens with zero attached hydrogens (tertiary/aromatic N) is 4. The number of rotatable bonds is 6. The molecule has 2 amide bonds. The minimum atomic E-state index is -4.68. The van der Waals surface area contributed by atoms with Gasteiger partial charge in [-0.2, -0.15) is 18.3 Å². The number of hydrogen-bond donors (Lipinski definition) is 0. The van der Waals surface area contributed by atoms with Crippen LogP contribution in [0.15, 0.2) is 60.7 Å². The molecule has 1 aliphatic heterocycles. The zero-order valence-electron chi connectivity index (χ0n) is 20.3. The Hall–Kier alpha value is -4.18. The van der Waals surface area contributed by atoms with Crippen molar-refractivity contribution < 1.29 is 27.5 Å². The highest BCUT2D eigenvalue weighted by Gasteiger charge is 2.37. The molecule has 0 atom stereocenters. The number of carbonyl (C=O) groups is 2. The van der Waals surface area contributed by atoms with Crippen LogP contribution in [0.5, 0.6) is 5.75 Å². The smallest absolute Gasteiger partial charge is 0.435 e. The third kappa shape index (κ3) is 4.23. The van der Waals surface area contributed by atoms with E-state index < -0.39 is 23.7 Å². The van der Waals surface area contributed by atoms with Crippen molar-refractivity contribution >= 4 is 22.6 Å². The molecule has 10 heteroatoms. The average Bonchev–Trinajstić information content (AvgIpc) is 3.33. The lowest BCUT2D eigenvalue weighted by Crippen LogP contribution is -2.43. The highest BCUT2D eigenvalue weighted by molar-refractivity contribution is 6.26. The Morgan fingerprint density at radius 1 is 0.946 bits per heavy atom. The summed E-state index contributed by atoms with van der Waals surface area (Å²) in [4.78, 5) is 29.6. The first-order valence-electron chi connectivity index (χ1n) is 11.5. The maximum Gasteiger partial charge on any atom is 0.435 e. The van der Waals surface area contributed by atoms with Crippen LogP contribution in [0, 0.1) is 0 Å². The van der Waals surface area contributed by atoms with Gasteiger partial charge in [0.15, 0.2) is 5.69 Å². The Labute approximate surface area is 210 Å². The fourth-order valence-corrected chi connectivity index (χ4v) is 4.51. The summed E-state index contributed by atoms with van der Waals surface area (Å²) < 4.78 is 47.7. The van der Waals surface area contributed by atoms with Gasteiger partial charge in [-0.05, 0) is 50.5 Å². The van der Waals surface area contributed by atoms with Crippen molar-refractivity contribution in [3.8, 4) is 22.7 Å². The lowest BCUT2D eigenvalue weighted by molar-refractivity contribution is -0.141. The molecule has 190 valence electrons. The van der Waals surface area contributed by atoms with Gasteiger partial charge in [0.1, 0.15) is 5.75 Å². The third-order valence-corrected chi connectivity index (χ3v) is 6.33. The molecular formula is C27H23F3N4O3. The molecule has 0 fully saturated rings. The van der Waals surface area contributed by atoms with Crippen molar-refractivity contribution in [2.24, 2.45) is 0 Å². The fourth-order valence-electron chi connectivity index (χ4n) is 4.51. The first-order chi connectivity index (χ1) is 17.6. The number of amides is 2. The number of aromatic nitrogens is 2. The van der Waals surface area contributed by atoms with Crippen molar-refractivity contribution in [2.45, 2.75) is 6.18 Å². The summed E-state index contributed by atoms with van der Waals surface area (Å²) in [6.45, 7) is 0.717. The maximum atomic E-state index is 13.7. The molecule has 5 rings (SSSR count). The number of carbonyl (C=O) groups excluding carboxylic acids is 2. The van der Waals surface area contributed by atoms with Gasteiger partial charge in [-0.1, -0.05) is 24.3 Å². The topological polar surface area (TPSA) is 67.7 Å². The standard InChI is InChI=1S/C27H23F3N4O3/c1-32(2)12-13-33-25(35)19-9-5-8-18-21(11-10-20(24(18)19)26(33)36)34-22(15-23(31-34)27(28,29)30)16-6-4-7-17(14-16)37-3/h4-11,14-15H,12-13H2,1-3H3. The second-order valence-electron chi connectivity index (χ2n) is 8.98. The van der Waals surface area contributed by atoms with Crippen LogP contribution in [-0.2, 0) is 6.18 Å². The summed E-state index contributed by atoms with van der Waals surface area (Å²) in [7, 11) is 5.16. The van der Waals surface area contributed by atoms with Crippen LogP contribution < -0.4 is 4.74 Å². The molecule has 2 heterocycles. The van der Waals surface area contributed by atoms with Gasteiger partial charge in [-0.15, -0.1) is 0 Å². The van der Waals surface area contributed by atoms with Gasteiger partial charge in [0, 0.05) is 40.6 Å². The Bertz CT molecular complexity index is 1520. The Morgan fingerprint density at radius 3 is 2.32 bits per heavy atom. The number of likely N-dealkylation sites (N-methyl/N-ethyl adjacent to an activating group) is 1. The summed E-state index contributed by atoms with van der Waals surface area (Å²) in [5.41, 5.74) is 0.541. The zero-order chi connectivity index (χ0) is 26.5. The van der Waals surface area contributed by atoms with E-state index in [2.05, 4.69) is 5.10 Å². The van der Waals surface area contributed by atoms with Crippen LogP contribution >= 0.6 is 0 Å². The summed E-state index contributed by atoms with van der Waals surface area (Å²) in [6.07, 6.45) is -4.68. The van der Waals surface area contributed by atoms with Gasteiger partial charge < -0.3 is 9.64 Å². The predicted octanol–water partition coefficient (Wildman–Crippen LogP) is 4.88. The number of imide groups is 1. The molecule has 0 radical (unpaired) electrons. The quantitative estimate of drug-likeness (QED) is 0.348. The van der Waals surface area contributed by atoms with Crippen LogP contribution in [0.1, 0.15) is 26.4 Å². The molecule has 0 bridgehead atoms. The van der Waals surface area contributed by atoms with E-state index in [1.807, 2.05) is 19.0 Å². The van der Waals surface area contributed by atoms with Gasteiger partial charge in [0.05, 0.1) is 18.5 Å². The van der Waals surface area contributed by atoms with Crippen molar-refractivity contribution in [2.75, 3.05) is 34.3 Å². The fraction of sp³-hybridized carbons (Fsp3) is 0.222. The average molecular weight is 509 g/mol. The molecule has 0 saturated heterocycles. The van der Waals surface area contributed by atoms with E-state index in [0.29, 0.717) is 45.4 Å². The Balaban J connectivity index is 1.72. The first-order valence-corrected chi connectivity index (χ1v) is 11.5. The number of methoxy groups -OCH3 is 1. The second kappa shape index (κ2) is 9.04. The number of alkyl halides is 3.